The number of pyridine rings is 1. The van der Waals surface area contributed by atoms with Crippen molar-refractivity contribution in [2.45, 2.75) is 20.3 Å². The van der Waals surface area contributed by atoms with Crippen molar-refractivity contribution >= 4 is 11.7 Å². The molecular formula is C13H18N2O2. The van der Waals surface area contributed by atoms with Gasteiger partial charge in [-0.2, -0.15) is 0 Å². The fourth-order valence-corrected chi connectivity index (χ4v) is 1.71. The van der Waals surface area contributed by atoms with Gasteiger partial charge in [-0.1, -0.05) is 13.0 Å². The summed E-state index contributed by atoms with van der Waals surface area (Å²) in [5.41, 5.74) is 1.77. The molecule has 17 heavy (non-hydrogen) atoms. The quantitative estimate of drug-likeness (QED) is 0.768. The summed E-state index contributed by atoms with van der Waals surface area (Å²) in [7, 11) is 0. The van der Waals surface area contributed by atoms with E-state index in [9.17, 15) is 4.79 Å². The summed E-state index contributed by atoms with van der Waals surface area (Å²) in [5, 5.41) is 9.15. The molecule has 0 radical (unpaired) electrons. The van der Waals surface area contributed by atoms with Crippen LogP contribution in [0.5, 0.6) is 0 Å². The van der Waals surface area contributed by atoms with Gasteiger partial charge < -0.3 is 10.0 Å². The van der Waals surface area contributed by atoms with E-state index < -0.39 is 5.97 Å². The number of aromatic nitrogens is 1. The van der Waals surface area contributed by atoms with Crippen molar-refractivity contribution in [2.24, 2.45) is 0 Å². The lowest BCUT2D eigenvalue weighted by Crippen LogP contribution is -2.26. The van der Waals surface area contributed by atoms with Crippen LogP contribution in [0, 0.1) is 6.92 Å². The predicted molar refractivity (Wildman–Crippen MR) is 68.6 cm³/mol. The van der Waals surface area contributed by atoms with Gasteiger partial charge in [0, 0.05) is 25.0 Å². The molecule has 1 N–H and O–H groups in total. The molecule has 0 amide bonds. The minimum absolute atomic E-state index is 0.242. The average molecular weight is 234 g/mol. The molecule has 1 rings (SSSR count). The molecule has 0 aromatic carbocycles. The zero-order valence-corrected chi connectivity index (χ0v) is 10.3. The summed E-state index contributed by atoms with van der Waals surface area (Å²) in [6, 6.07) is 1.81. The fraction of sp³-hybridized carbons (Fsp3) is 0.385. The Kier molecular flexibility index (Phi) is 4.69. The van der Waals surface area contributed by atoms with Crippen LogP contribution in [-0.4, -0.2) is 29.1 Å². The third-order valence-electron chi connectivity index (χ3n) is 2.43. The van der Waals surface area contributed by atoms with Gasteiger partial charge in [-0.25, -0.2) is 4.79 Å². The Morgan fingerprint density at radius 2 is 2.35 bits per heavy atom. The number of anilines is 1. The molecule has 0 spiro atoms. The van der Waals surface area contributed by atoms with Crippen molar-refractivity contribution in [3.05, 3.63) is 36.2 Å². The summed E-state index contributed by atoms with van der Waals surface area (Å²) in [4.78, 5) is 17.2. The van der Waals surface area contributed by atoms with Crippen molar-refractivity contribution in [1.29, 1.82) is 0 Å². The molecular weight excluding hydrogens is 216 g/mol. The largest absolute Gasteiger partial charge is 0.478 e. The molecule has 0 bridgehead atoms. The standard InChI is InChI=1S/C13H18N2O2/c1-4-6-15(7-5-2)12-8-10(3)14-9-11(12)13(16)17/h4,8-9H,1,5-7H2,2-3H3,(H,16,17). The Morgan fingerprint density at radius 3 is 2.88 bits per heavy atom. The summed E-state index contributed by atoms with van der Waals surface area (Å²) in [6.07, 6.45) is 4.14. The Labute approximate surface area is 102 Å². The van der Waals surface area contributed by atoms with E-state index in [4.69, 9.17) is 5.11 Å². The molecule has 0 unspecified atom stereocenters. The first kappa shape index (κ1) is 13.2. The fourth-order valence-electron chi connectivity index (χ4n) is 1.71. The maximum absolute atomic E-state index is 11.2. The van der Waals surface area contributed by atoms with Crippen LogP contribution in [0.25, 0.3) is 0 Å². The average Bonchev–Trinajstić information content (AvgIpc) is 2.28. The second-order valence-electron chi connectivity index (χ2n) is 3.88. The molecule has 1 heterocycles. The van der Waals surface area contributed by atoms with Crippen LogP contribution in [0.4, 0.5) is 5.69 Å². The molecule has 0 saturated carbocycles. The Morgan fingerprint density at radius 1 is 1.65 bits per heavy atom. The van der Waals surface area contributed by atoms with Crippen molar-refractivity contribution in [1.82, 2.24) is 4.98 Å². The molecule has 0 aliphatic carbocycles. The highest BCUT2D eigenvalue weighted by Gasteiger charge is 2.15. The van der Waals surface area contributed by atoms with Crippen molar-refractivity contribution in [2.75, 3.05) is 18.0 Å². The lowest BCUT2D eigenvalue weighted by Gasteiger charge is -2.24. The van der Waals surface area contributed by atoms with Gasteiger partial charge in [0.05, 0.1) is 5.69 Å². The van der Waals surface area contributed by atoms with Gasteiger partial charge in [0.2, 0.25) is 0 Å². The molecule has 1 aromatic heterocycles. The summed E-state index contributed by atoms with van der Waals surface area (Å²) >= 11 is 0. The van der Waals surface area contributed by atoms with Gasteiger partial charge in [-0.05, 0) is 19.4 Å². The molecule has 4 nitrogen and oxygen atoms in total. The summed E-state index contributed by atoms with van der Waals surface area (Å²) < 4.78 is 0. The van der Waals surface area contributed by atoms with E-state index >= 15 is 0 Å². The first-order valence-corrected chi connectivity index (χ1v) is 5.66. The van der Waals surface area contributed by atoms with Gasteiger partial charge in [0.25, 0.3) is 0 Å². The minimum atomic E-state index is -0.947. The molecule has 1 aromatic rings. The van der Waals surface area contributed by atoms with Crippen LogP contribution in [0.1, 0.15) is 29.4 Å². The van der Waals surface area contributed by atoms with Gasteiger partial charge in [0.15, 0.2) is 0 Å². The Bertz CT molecular complexity index is 416. The zero-order valence-electron chi connectivity index (χ0n) is 10.3. The van der Waals surface area contributed by atoms with E-state index in [2.05, 4.69) is 18.5 Å². The molecule has 0 atom stereocenters. The van der Waals surface area contributed by atoms with E-state index in [1.807, 2.05) is 17.9 Å². The van der Waals surface area contributed by atoms with Gasteiger partial charge in [-0.3, -0.25) is 4.98 Å². The summed E-state index contributed by atoms with van der Waals surface area (Å²) in [5.74, 6) is -0.947. The second-order valence-corrected chi connectivity index (χ2v) is 3.88. The van der Waals surface area contributed by atoms with Crippen molar-refractivity contribution in [3.63, 3.8) is 0 Å². The number of hydrogen-bond donors (Lipinski definition) is 1. The van der Waals surface area contributed by atoms with Crippen LogP contribution in [0.2, 0.25) is 0 Å². The first-order chi connectivity index (χ1) is 8.10. The van der Waals surface area contributed by atoms with Crippen LogP contribution < -0.4 is 4.90 Å². The normalized spacial score (nSPS) is 10.0. The van der Waals surface area contributed by atoms with E-state index in [1.54, 1.807) is 6.08 Å². The van der Waals surface area contributed by atoms with Crippen LogP contribution in [0.3, 0.4) is 0 Å². The maximum atomic E-state index is 11.2. The number of nitrogens with zero attached hydrogens (tertiary/aromatic N) is 2. The first-order valence-electron chi connectivity index (χ1n) is 5.66. The monoisotopic (exact) mass is 234 g/mol. The van der Waals surface area contributed by atoms with Crippen molar-refractivity contribution < 1.29 is 9.90 Å². The van der Waals surface area contributed by atoms with Gasteiger partial charge >= 0.3 is 5.97 Å². The van der Waals surface area contributed by atoms with E-state index in [0.29, 0.717) is 12.2 Å². The molecule has 0 fully saturated rings. The number of carboxylic acid groups (broad SMARTS) is 1. The molecule has 0 aliphatic heterocycles. The second kappa shape index (κ2) is 6.03. The third kappa shape index (κ3) is 3.31. The topological polar surface area (TPSA) is 53.4 Å². The minimum Gasteiger partial charge on any atom is -0.478 e. The highest BCUT2D eigenvalue weighted by Crippen LogP contribution is 2.21. The number of hydrogen-bond acceptors (Lipinski definition) is 3. The lowest BCUT2D eigenvalue weighted by molar-refractivity contribution is 0.0697. The van der Waals surface area contributed by atoms with E-state index in [0.717, 1.165) is 18.7 Å². The summed E-state index contributed by atoms with van der Waals surface area (Å²) in [6.45, 7) is 9.05. The van der Waals surface area contributed by atoms with E-state index in [-0.39, 0.29) is 5.56 Å². The number of carboxylic acids is 1. The molecule has 0 saturated heterocycles. The molecule has 92 valence electrons. The maximum Gasteiger partial charge on any atom is 0.339 e. The highest BCUT2D eigenvalue weighted by molar-refractivity contribution is 5.94. The van der Waals surface area contributed by atoms with Crippen LogP contribution >= 0.6 is 0 Å². The number of carbonyl (C=O) groups is 1. The molecule has 4 heteroatoms. The number of aryl methyl sites for hydroxylation is 1. The van der Waals surface area contributed by atoms with Crippen LogP contribution in [0.15, 0.2) is 24.9 Å². The lowest BCUT2D eigenvalue weighted by atomic mass is 10.1. The van der Waals surface area contributed by atoms with Crippen LogP contribution in [-0.2, 0) is 0 Å². The number of aromatic carboxylic acids is 1. The SMILES string of the molecule is C=CCN(CCC)c1cc(C)ncc1C(=O)O. The van der Waals surface area contributed by atoms with E-state index in [1.165, 1.54) is 6.20 Å². The van der Waals surface area contributed by atoms with Gasteiger partial charge in [0.1, 0.15) is 5.56 Å². The smallest absolute Gasteiger partial charge is 0.339 e. The molecule has 0 aliphatic rings. The zero-order chi connectivity index (χ0) is 12.8. The Balaban J connectivity index is 3.18. The Hall–Kier alpha value is -1.84. The van der Waals surface area contributed by atoms with Crippen molar-refractivity contribution in [3.8, 4) is 0 Å². The predicted octanol–water partition coefficient (Wildman–Crippen LogP) is 2.49. The van der Waals surface area contributed by atoms with Gasteiger partial charge in [-0.15, -0.1) is 6.58 Å². The third-order valence-corrected chi connectivity index (χ3v) is 2.43. The highest BCUT2D eigenvalue weighted by atomic mass is 16.4. The number of rotatable bonds is 6.